The van der Waals surface area contributed by atoms with Gasteiger partial charge < -0.3 is 9.47 Å². The van der Waals surface area contributed by atoms with Crippen molar-refractivity contribution < 1.29 is 14.3 Å². The van der Waals surface area contributed by atoms with Crippen LogP contribution in [0.15, 0.2) is 18.2 Å². The number of Topliss-reactive ketones (excluding diaryl/α,β-unsaturated/α-hetero) is 1. The summed E-state index contributed by atoms with van der Waals surface area (Å²) in [5.74, 6) is 0.561. The summed E-state index contributed by atoms with van der Waals surface area (Å²) >= 11 is 5.99. The number of ether oxygens (including phenoxy) is 2. The van der Waals surface area contributed by atoms with Gasteiger partial charge in [-0.05, 0) is 31.2 Å². The van der Waals surface area contributed by atoms with Crippen LogP contribution in [0.5, 0.6) is 5.75 Å². The van der Waals surface area contributed by atoms with E-state index in [2.05, 4.69) is 19.6 Å². The molecule has 1 aromatic rings. The van der Waals surface area contributed by atoms with Gasteiger partial charge in [-0.15, -0.1) is 0 Å². The number of benzene rings is 1. The van der Waals surface area contributed by atoms with Crippen LogP contribution in [0.4, 0.5) is 0 Å². The first kappa shape index (κ1) is 16.2. The molecule has 19 heavy (non-hydrogen) atoms. The first-order valence-corrected chi connectivity index (χ1v) is 10.4. The van der Waals surface area contributed by atoms with Gasteiger partial charge in [-0.2, -0.15) is 0 Å². The fraction of sp³-hybridized carbons (Fsp3) is 0.500. The molecule has 0 spiro atoms. The van der Waals surface area contributed by atoms with Crippen molar-refractivity contribution in [3.8, 4) is 5.75 Å². The molecule has 0 aliphatic rings. The SMILES string of the molecule is CC(=O)c1ccc(OCOCC[Si](C)(C)C)cc1Cl. The Bertz CT molecular complexity index is 441. The van der Waals surface area contributed by atoms with E-state index in [1.807, 2.05) is 0 Å². The highest BCUT2D eigenvalue weighted by molar-refractivity contribution is 6.76. The zero-order chi connectivity index (χ0) is 14.5. The molecule has 0 bridgehead atoms. The summed E-state index contributed by atoms with van der Waals surface area (Å²) in [6.07, 6.45) is 0. The van der Waals surface area contributed by atoms with Gasteiger partial charge in [-0.3, -0.25) is 4.79 Å². The van der Waals surface area contributed by atoms with Gasteiger partial charge in [0.25, 0.3) is 0 Å². The highest BCUT2D eigenvalue weighted by atomic mass is 35.5. The molecule has 3 nitrogen and oxygen atoms in total. The van der Waals surface area contributed by atoms with Crippen molar-refractivity contribution in [2.45, 2.75) is 32.6 Å². The molecule has 0 unspecified atom stereocenters. The molecule has 0 saturated carbocycles. The van der Waals surface area contributed by atoms with Crippen molar-refractivity contribution in [2.75, 3.05) is 13.4 Å². The average Bonchev–Trinajstić information content (AvgIpc) is 2.26. The maximum absolute atomic E-state index is 11.2. The predicted molar refractivity (Wildman–Crippen MR) is 81.1 cm³/mol. The van der Waals surface area contributed by atoms with Gasteiger partial charge in [-0.1, -0.05) is 31.2 Å². The third-order valence-electron chi connectivity index (χ3n) is 2.63. The average molecular weight is 301 g/mol. The molecule has 0 N–H and O–H groups in total. The minimum Gasteiger partial charge on any atom is -0.468 e. The van der Waals surface area contributed by atoms with Crippen LogP contribution in [0, 0.1) is 0 Å². The molecule has 0 radical (unpaired) electrons. The summed E-state index contributed by atoms with van der Waals surface area (Å²) in [5, 5.41) is 0.409. The van der Waals surface area contributed by atoms with Crippen LogP contribution in [-0.2, 0) is 4.74 Å². The van der Waals surface area contributed by atoms with Crippen LogP contribution in [0.3, 0.4) is 0 Å². The summed E-state index contributed by atoms with van der Waals surface area (Å²) < 4.78 is 10.9. The Morgan fingerprint density at radius 1 is 1.32 bits per heavy atom. The quantitative estimate of drug-likeness (QED) is 0.327. The van der Waals surface area contributed by atoms with Crippen molar-refractivity contribution in [1.29, 1.82) is 0 Å². The second-order valence-corrected chi connectivity index (χ2v) is 11.7. The molecular formula is C14H21ClO3Si. The lowest BCUT2D eigenvalue weighted by atomic mass is 10.1. The number of hydrogen-bond donors (Lipinski definition) is 0. The Labute approximate surface area is 120 Å². The summed E-state index contributed by atoms with van der Waals surface area (Å²) in [6, 6.07) is 6.15. The second kappa shape index (κ2) is 7.08. The predicted octanol–water partition coefficient (Wildman–Crippen LogP) is 4.23. The van der Waals surface area contributed by atoms with Gasteiger partial charge in [-0.25, -0.2) is 0 Å². The van der Waals surface area contributed by atoms with Crippen molar-refractivity contribution in [3.63, 3.8) is 0 Å². The Kier molecular flexibility index (Phi) is 6.04. The van der Waals surface area contributed by atoms with Gasteiger partial charge in [0.15, 0.2) is 12.6 Å². The minimum atomic E-state index is -1.05. The Hall–Kier alpha value is -0.843. The fourth-order valence-corrected chi connectivity index (χ4v) is 2.48. The lowest BCUT2D eigenvalue weighted by Gasteiger charge is -2.15. The summed E-state index contributed by atoms with van der Waals surface area (Å²) in [5.41, 5.74) is 0.508. The van der Waals surface area contributed by atoms with Gasteiger partial charge in [0.1, 0.15) is 5.75 Å². The molecule has 5 heteroatoms. The van der Waals surface area contributed by atoms with Crippen molar-refractivity contribution in [3.05, 3.63) is 28.8 Å². The van der Waals surface area contributed by atoms with E-state index in [-0.39, 0.29) is 12.6 Å². The second-order valence-electron chi connectivity index (χ2n) is 5.68. The van der Waals surface area contributed by atoms with E-state index in [4.69, 9.17) is 21.1 Å². The van der Waals surface area contributed by atoms with Crippen LogP contribution in [0.25, 0.3) is 0 Å². The van der Waals surface area contributed by atoms with Gasteiger partial charge in [0.05, 0.1) is 5.02 Å². The molecule has 0 aliphatic heterocycles. The van der Waals surface area contributed by atoms with Crippen molar-refractivity contribution >= 4 is 25.5 Å². The van der Waals surface area contributed by atoms with E-state index in [1.165, 1.54) is 6.92 Å². The van der Waals surface area contributed by atoms with Crippen LogP contribution in [-0.4, -0.2) is 27.3 Å². The number of ketones is 1. The Morgan fingerprint density at radius 2 is 2.00 bits per heavy atom. The van der Waals surface area contributed by atoms with E-state index < -0.39 is 8.07 Å². The smallest absolute Gasteiger partial charge is 0.189 e. The maximum atomic E-state index is 11.2. The maximum Gasteiger partial charge on any atom is 0.189 e. The van der Waals surface area contributed by atoms with Crippen LogP contribution >= 0.6 is 11.6 Å². The lowest BCUT2D eigenvalue weighted by Crippen LogP contribution is -2.22. The molecule has 0 atom stereocenters. The fourth-order valence-electron chi connectivity index (χ4n) is 1.42. The van der Waals surface area contributed by atoms with E-state index in [0.717, 1.165) is 12.7 Å². The summed E-state index contributed by atoms with van der Waals surface area (Å²) in [4.78, 5) is 11.2. The summed E-state index contributed by atoms with van der Waals surface area (Å²) in [7, 11) is -1.05. The minimum absolute atomic E-state index is 0.0528. The zero-order valence-corrected chi connectivity index (χ0v) is 13.7. The first-order chi connectivity index (χ1) is 8.79. The molecule has 1 rings (SSSR count). The highest BCUT2D eigenvalue weighted by Gasteiger charge is 2.12. The van der Waals surface area contributed by atoms with E-state index in [1.54, 1.807) is 18.2 Å². The zero-order valence-electron chi connectivity index (χ0n) is 12.0. The largest absolute Gasteiger partial charge is 0.468 e. The molecule has 1 aromatic carbocycles. The summed E-state index contributed by atoms with van der Waals surface area (Å²) in [6.45, 7) is 9.32. The van der Waals surface area contributed by atoms with Gasteiger partial charge >= 0.3 is 0 Å². The number of carbonyl (C=O) groups excluding carboxylic acids is 1. The molecule has 0 aliphatic carbocycles. The third kappa shape index (κ3) is 6.23. The lowest BCUT2D eigenvalue weighted by molar-refractivity contribution is 0.0220. The Balaban J connectivity index is 2.38. The standard InChI is InChI=1S/C14H21ClO3Si/c1-11(16)13-6-5-12(9-14(13)15)18-10-17-7-8-19(2,3)4/h5-6,9H,7-8,10H2,1-4H3. The van der Waals surface area contributed by atoms with E-state index >= 15 is 0 Å². The van der Waals surface area contributed by atoms with Gasteiger partial charge in [0.2, 0.25) is 0 Å². The number of rotatable bonds is 7. The van der Waals surface area contributed by atoms with Gasteiger partial charge in [0, 0.05) is 20.2 Å². The molecule has 0 heterocycles. The number of halogens is 1. The highest BCUT2D eigenvalue weighted by Crippen LogP contribution is 2.23. The normalized spacial score (nSPS) is 11.4. The van der Waals surface area contributed by atoms with E-state index in [0.29, 0.717) is 16.3 Å². The molecule has 0 aromatic heterocycles. The number of carbonyl (C=O) groups is 1. The van der Waals surface area contributed by atoms with Crippen LogP contribution < -0.4 is 4.74 Å². The monoisotopic (exact) mass is 300 g/mol. The van der Waals surface area contributed by atoms with E-state index in [9.17, 15) is 4.79 Å². The topological polar surface area (TPSA) is 35.5 Å². The first-order valence-electron chi connectivity index (χ1n) is 6.30. The van der Waals surface area contributed by atoms with Crippen LogP contribution in [0.1, 0.15) is 17.3 Å². The van der Waals surface area contributed by atoms with Crippen molar-refractivity contribution in [1.82, 2.24) is 0 Å². The Morgan fingerprint density at radius 3 is 2.53 bits per heavy atom. The molecule has 0 saturated heterocycles. The third-order valence-corrected chi connectivity index (χ3v) is 4.64. The molecular weight excluding hydrogens is 280 g/mol. The molecule has 106 valence electrons. The molecule has 0 fully saturated rings. The van der Waals surface area contributed by atoms with Crippen molar-refractivity contribution in [2.24, 2.45) is 0 Å². The number of hydrogen-bond acceptors (Lipinski definition) is 3. The molecule has 0 amide bonds. The van der Waals surface area contributed by atoms with Crippen LogP contribution in [0.2, 0.25) is 30.7 Å².